The molecule has 2 aromatic heterocycles. The summed E-state index contributed by atoms with van der Waals surface area (Å²) in [7, 11) is 0. The molecule has 0 unspecified atom stereocenters. The average molecular weight is 245 g/mol. The third kappa shape index (κ3) is 1.68. The lowest BCUT2D eigenvalue weighted by Gasteiger charge is -1.91. The van der Waals surface area contributed by atoms with E-state index >= 15 is 0 Å². The molecule has 0 amide bonds. The van der Waals surface area contributed by atoms with Crippen LogP contribution in [0.25, 0.3) is 10.4 Å². The zero-order valence-corrected chi connectivity index (χ0v) is 9.25. The number of aromatic carboxylic acids is 1. The molecule has 0 aliphatic heterocycles. The van der Waals surface area contributed by atoms with Crippen LogP contribution in [0.2, 0.25) is 4.34 Å². The van der Waals surface area contributed by atoms with Crippen LogP contribution in [0.5, 0.6) is 0 Å². The van der Waals surface area contributed by atoms with E-state index in [1.54, 1.807) is 12.1 Å². The topological polar surface area (TPSA) is 37.3 Å². The minimum atomic E-state index is -0.896. The van der Waals surface area contributed by atoms with Crippen molar-refractivity contribution in [1.29, 1.82) is 0 Å². The first-order chi connectivity index (χ1) is 6.68. The fourth-order valence-electron chi connectivity index (χ4n) is 1.07. The molecular formula is C9H5ClO2S2. The molecule has 2 aromatic rings. The number of carboxylic acid groups (broad SMARTS) is 1. The van der Waals surface area contributed by atoms with E-state index in [2.05, 4.69) is 0 Å². The third-order valence-corrected chi connectivity index (χ3v) is 3.98. The second kappa shape index (κ2) is 3.73. The number of carbonyl (C=O) groups is 1. The summed E-state index contributed by atoms with van der Waals surface area (Å²) < 4.78 is 0.698. The molecule has 0 spiro atoms. The molecule has 0 saturated carbocycles. The molecule has 0 atom stereocenters. The minimum absolute atomic E-state index is 0.335. The Kier molecular flexibility index (Phi) is 2.58. The largest absolute Gasteiger partial charge is 0.477 e. The van der Waals surface area contributed by atoms with Gasteiger partial charge >= 0.3 is 5.97 Å². The molecule has 2 heterocycles. The first-order valence-electron chi connectivity index (χ1n) is 3.75. The number of hydrogen-bond acceptors (Lipinski definition) is 3. The molecule has 5 heteroatoms. The number of hydrogen-bond donors (Lipinski definition) is 1. The van der Waals surface area contributed by atoms with Crippen molar-refractivity contribution in [3.8, 4) is 10.4 Å². The normalized spacial score (nSPS) is 10.4. The van der Waals surface area contributed by atoms with Crippen molar-refractivity contribution < 1.29 is 9.90 Å². The van der Waals surface area contributed by atoms with Gasteiger partial charge in [-0.25, -0.2) is 4.79 Å². The smallest absolute Gasteiger partial charge is 0.345 e. The van der Waals surface area contributed by atoms with Crippen LogP contribution in [0.3, 0.4) is 0 Å². The fraction of sp³-hybridized carbons (Fsp3) is 0. The highest BCUT2D eigenvalue weighted by atomic mass is 35.5. The van der Waals surface area contributed by atoms with Gasteiger partial charge in [-0.05, 0) is 23.6 Å². The number of halogens is 1. The molecule has 0 saturated heterocycles. The van der Waals surface area contributed by atoms with Crippen LogP contribution in [-0.2, 0) is 0 Å². The third-order valence-electron chi connectivity index (χ3n) is 1.70. The van der Waals surface area contributed by atoms with Gasteiger partial charge in [-0.3, -0.25) is 0 Å². The lowest BCUT2D eigenvalue weighted by molar-refractivity contribution is 0.0702. The van der Waals surface area contributed by atoms with Gasteiger partial charge in [0.25, 0.3) is 0 Å². The van der Waals surface area contributed by atoms with Crippen molar-refractivity contribution in [2.45, 2.75) is 0 Å². The average Bonchev–Trinajstić information content (AvgIpc) is 2.71. The molecule has 0 aliphatic carbocycles. The minimum Gasteiger partial charge on any atom is -0.477 e. The van der Waals surface area contributed by atoms with E-state index < -0.39 is 5.97 Å². The first kappa shape index (κ1) is 9.71. The SMILES string of the molecule is O=C(O)c1ccc(-c2ccsc2Cl)s1. The quantitative estimate of drug-likeness (QED) is 0.872. The maximum atomic E-state index is 10.6. The molecule has 72 valence electrons. The Morgan fingerprint density at radius 3 is 2.64 bits per heavy atom. The lowest BCUT2D eigenvalue weighted by Crippen LogP contribution is -1.89. The van der Waals surface area contributed by atoms with E-state index in [9.17, 15) is 4.79 Å². The first-order valence-corrected chi connectivity index (χ1v) is 5.82. The van der Waals surface area contributed by atoms with Crippen LogP contribution in [0.1, 0.15) is 9.67 Å². The van der Waals surface area contributed by atoms with Gasteiger partial charge in [0, 0.05) is 10.4 Å². The Labute approximate surface area is 93.4 Å². The van der Waals surface area contributed by atoms with Crippen molar-refractivity contribution in [3.63, 3.8) is 0 Å². The van der Waals surface area contributed by atoms with Crippen molar-refractivity contribution in [3.05, 3.63) is 32.8 Å². The molecule has 0 aromatic carbocycles. The van der Waals surface area contributed by atoms with E-state index in [-0.39, 0.29) is 0 Å². The monoisotopic (exact) mass is 244 g/mol. The van der Waals surface area contributed by atoms with E-state index in [4.69, 9.17) is 16.7 Å². The molecule has 2 nitrogen and oxygen atoms in total. The highest BCUT2D eigenvalue weighted by molar-refractivity contribution is 7.19. The van der Waals surface area contributed by atoms with E-state index in [0.29, 0.717) is 9.21 Å². The highest BCUT2D eigenvalue weighted by Gasteiger charge is 2.10. The molecule has 0 bridgehead atoms. The number of thiophene rings is 2. The Morgan fingerprint density at radius 1 is 1.36 bits per heavy atom. The summed E-state index contributed by atoms with van der Waals surface area (Å²) in [5.41, 5.74) is 0.911. The van der Waals surface area contributed by atoms with Crippen LogP contribution < -0.4 is 0 Å². The summed E-state index contributed by atoms with van der Waals surface area (Å²) >= 11 is 8.62. The Balaban J connectivity index is 2.43. The van der Waals surface area contributed by atoms with Crippen molar-refractivity contribution in [1.82, 2.24) is 0 Å². The van der Waals surface area contributed by atoms with Crippen molar-refractivity contribution in [2.75, 3.05) is 0 Å². The highest BCUT2D eigenvalue weighted by Crippen LogP contribution is 2.36. The summed E-state index contributed by atoms with van der Waals surface area (Å²) in [6, 6.07) is 5.27. The fourth-order valence-corrected chi connectivity index (χ4v) is 3.01. The van der Waals surface area contributed by atoms with Crippen LogP contribution in [0.15, 0.2) is 23.6 Å². The van der Waals surface area contributed by atoms with Crippen molar-refractivity contribution >= 4 is 40.2 Å². The van der Waals surface area contributed by atoms with Crippen LogP contribution >= 0.6 is 34.3 Å². The summed E-state index contributed by atoms with van der Waals surface area (Å²) in [5, 5.41) is 10.6. The lowest BCUT2D eigenvalue weighted by atomic mass is 10.3. The standard InChI is InChI=1S/C9H5ClO2S2/c10-8-5(3-4-13-8)6-1-2-7(14-6)9(11)12/h1-4H,(H,11,12). The summed E-state index contributed by atoms with van der Waals surface area (Å²) in [6.45, 7) is 0. The second-order valence-corrected chi connectivity index (χ2v) is 5.18. The maximum Gasteiger partial charge on any atom is 0.345 e. The van der Waals surface area contributed by atoms with Gasteiger partial charge in [0.15, 0.2) is 0 Å². The predicted octanol–water partition coefficient (Wildman–Crippen LogP) is 3.83. The summed E-state index contributed by atoms with van der Waals surface area (Å²) in [5.74, 6) is -0.896. The zero-order valence-electron chi connectivity index (χ0n) is 6.86. The van der Waals surface area contributed by atoms with E-state index in [1.165, 1.54) is 22.7 Å². The van der Waals surface area contributed by atoms with E-state index in [0.717, 1.165) is 10.4 Å². The van der Waals surface area contributed by atoms with Gasteiger partial charge in [0.1, 0.15) is 9.21 Å². The van der Waals surface area contributed by atoms with Gasteiger partial charge in [0.05, 0.1) is 0 Å². The van der Waals surface area contributed by atoms with Gasteiger partial charge < -0.3 is 5.11 Å². The van der Waals surface area contributed by atoms with Crippen molar-refractivity contribution in [2.24, 2.45) is 0 Å². The zero-order chi connectivity index (χ0) is 10.1. The van der Waals surface area contributed by atoms with Gasteiger partial charge in [-0.1, -0.05) is 11.6 Å². The van der Waals surface area contributed by atoms with Gasteiger partial charge in [-0.2, -0.15) is 0 Å². The Morgan fingerprint density at radius 2 is 2.14 bits per heavy atom. The maximum absolute atomic E-state index is 10.6. The Bertz CT molecular complexity index is 473. The van der Waals surface area contributed by atoms with Crippen LogP contribution in [0.4, 0.5) is 0 Å². The Hall–Kier alpha value is -0.840. The molecule has 1 N–H and O–H groups in total. The molecular weight excluding hydrogens is 240 g/mol. The molecule has 0 fully saturated rings. The molecule has 2 rings (SSSR count). The van der Waals surface area contributed by atoms with Crippen LogP contribution in [0, 0.1) is 0 Å². The number of carboxylic acids is 1. The summed E-state index contributed by atoms with van der Waals surface area (Å²) in [6.07, 6.45) is 0. The molecule has 0 aliphatic rings. The van der Waals surface area contributed by atoms with Gasteiger partial charge in [-0.15, -0.1) is 22.7 Å². The number of rotatable bonds is 2. The predicted molar refractivity (Wildman–Crippen MR) is 59.6 cm³/mol. The van der Waals surface area contributed by atoms with E-state index in [1.807, 2.05) is 11.4 Å². The molecule has 0 radical (unpaired) electrons. The van der Waals surface area contributed by atoms with Gasteiger partial charge in [0.2, 0.25) is 0 Å². The van der Waals surface area contributed by atoms with Crippen LogP contribution in [-0.4, -0.2) is 11.1 Å². The summed E-state index contributed by atoms with van der Waals surface area (Å²) in [4.78, 5) is 11.9. The molecule has 14 heavy (non-hydrogen) atoms. The second-order valence-electron chi connectivity index (χ2n) is 2.58.